The fourth-order valence-corrected chi connectivity index (χ4v) is 6.23. The molecule has 5 heteroatoms. The number of nitrogens with two attached hydrogens (primary N) is 1. The molecule has 3 saturated carbocycles. The van der Waals surface area contributed by atoms with Crippen molar-refractivity contribution in [2.75, 3.05) is 6.26 Å². The first-order valence-corrected chi connectivity index (χ1v) is 10.1. The van der Waals surface area contributed by atoms with Crippen molar-refractivity contribution in [2.24, 2.45) is 29.5 Å². The number of hydrazine groups is 1. The molecule has 0 bridgehead atoms. The van der Waals surface area contributed by atoms with Gasteiger partial charge in [0.1, 0.15) is 9.84 Å². The van der Waals surface area contributed by atoms with Gasteiger partial charge in [-0.1, -0.05) is 19.3 Å². The van der Waals surface area contributed by atoms with Crippen LogP contribution in [-0.4, -0.2) is 26.0 Å². The third-order valence-corrected chi connectivity index (χ3v) is 7.75. The maximum Gasteiger partial charge on any atom is 0.150 e. The van der Waals surface area contributed by atoms with E-state index in [0.717, 1.165) is 37.5 Å². The van der Waals surface area contributed by atoms with E-state index in [9.17, 15) is 8.42 Å². The second kappa shape index (κ2) is 5.58. The summed E-state index contributed by atoms with van der Waals surface area (Å²) in [4.78, 5) is 0. The minimum atomic E-state index is -2.90. The SMILES string of the molecule is CS(=O)(=O)C1CCCC(C(NN)C2C3CCCCC32)C1. The molecule has 20 heavy (non-hydrogen) atoms. The number of sulfone groups is 1. The predicted molar refractivity (Wildman–Crippen MR) is 80.6 cm³/mol. The lowest BCUT2D eigenvalue weighted by molar-refractivity contribution is 0.239. The van der Waals surface area contributed by atoms with E-state index in [-0.39, 0.29) is 5.25 Å². The highest BCUT2D eigenvalue weighted by atomic mass is 32.2. The molecule has 0 heterocycles. The van der Waals surface area contributed by atoms with Crippen molar-refractivity contribution in [3.05, 3.63) is 0 Å². The summed E-state index contributed by atoms with van der Waals surface area (Å²) in [6.45, 7) is 0. The van der Waals surface area contributed by atoms with Crippen molar-refractivity contribution in [3.8, 4) is 0 Å². The van der Waals surface area contributed by atoms with Crippen LogP contribution in [0.2, 0.25) is 0 Å². The Morgan fingerprint density at radius 3 is 2.25 bits per heavy atom. The molecule has 0 aromatic rings. The zero-order valence-corrected chi connectivity index (χ0v) is 13.2. The van der Waals surface area contributed by atoms with Gasteiger partial charge in [-0.3, -0.25) is 11.3 Å². The number of hydrogen-bond acceptors (Lipinski definition) is 4. The average molecular weight is 300 g/mol. The zero-order valence-electron chi connectivity index (χ0n) is 12.4. The first kappa shape index (κ1) is 14.8. The number of fused-ring (bicyclic) bond motifs is 1. The van der Waals surface area contributed by atoms with Gasteiger partial charge in [0.15, 0.2) is 0 Å². The van der Waals surface area contributed by atoms with Crippen LogP contribution in [0.25, 0.3) is 0 Å². The van der Waals surface area contributed by atoms with Crippen LogP contribution in [0.5, 0.6) is 0 Å². The Bertz CT molecular complexity index is 439. The molecule has 3 aliphatic carbocycles. The van der Waals surface area contributed by atoms with Gasteiger partial charge in [-0.05, 0) is 55.8 Å². The minimum Gasteiger partial charge on any atom is -0.271 e. The summed E-state index contributed by atoms with van der Waals surface area (Å²) in [7, 11) is -2.90. The molecular weight excluding hydrogens is 272 g/mol. The molecule has 3 fully saturated rings. The first-order valence-electron chi connectivity index (χ1n) is 8.17. The van der Waals surface area contributed by atoms with E-state index in [0.29, 0.717) is 17.9 Å². The van der Waals surface area contributed by atoms with Gasteiger partial charge in [0, 0.05) is 12.3 Å². The van der Waals surface area contributed by atoms with E-state index in [2.05, 4.69) is 5.43 Å². The Labute approximate surface area is 122 Å². The molecule has 116 valence electrons. The largest absolute Gasteiger partial charge is 0.271 e. The standard InChI is InChI=1S/C15H28N2O2S/c1-20(18,19)11-6-4-5-10(9-11)15(17-16)14-12-7-2-3-8-13(12)14/h10-15,17H,2-9,16H2,1H3. The second-order valence-electron chi connectivity index (χ2n) is 7.26. The van der Waals surface area contributed by atoms with E-state index in [1.54, 1.807) is 0 Å². The van der Waals surface area contributed by atoms with Crippen LogP contribution in [0.4, 0.5) is 0 Å². The highest BCUT2D eigenvalue weighted by Gasteiger charge is 2.55. The Hall–Kier alpha value is -0.130. The molecule has 0 spiro atoms. The van der Waals surface area contributed by atoms with Crippen molar-refractivity contribution in [2.45, 2.75) is 62.7 Å². The van der Waals surface area contributed by atoms with Gasteiger partial charge in [-0.2, -0.15) is 0 Å². The molecule has 0 saturated heterocycles. The Morgan fingerprint density at radius 1 is 1.05 bits per heavy atom. The van der Waals surface area contributed by atoms with Crippen LogP contribution in [0.3, 0.4) is 0 Å². The summed E-state index contributed by atoms with van der Waals surface area (Å²) in [5, 5.41) is -0.141. The van der Waals surface area contributed by atoms with E-state index >= 15 is 0 Å². The van der Waals surface area contributed by atoms with Crippen LogP contribution in [0.1, 0.15) is 51.4 Å². The molecular formula is C15H28N2O2S. The molecule has 0 aliphatic heterocycles. The predicted octanol–water partition coefficient (Wildman–Crippen LogP) is 1.86. The van der Waals surface area contributed by atoms with Gasteiger partial charge >= 0.3 is 0 Å². The summed E-state index contributed by atoms with van der Waals surface area (Å²) in [5.74, 6) is 8.74. The summed E-state index contributed by atoms with van der Waals surface area (Å²) >= 11 is 0. The van der Waals surface area contributed by atoms with Crippen molar-refractivity contribution in [1.29, 1.82) is 0 Å². The monoisotopic (exact) mass is 300 g/mol. The maximum absolute atomic E-state index is 11.8. The lowest BCUT2D eigenvalue weighted by Gasteiger charge is -2.34. The molecule has 5 atom stereocenters. The van der Waals surface area contributed by atoms with Crippen LogP contribution in [0.15, 0.2) is 0 Å². The fraction of sp³-hybridized carbons (Fsp3) is 1.00. The summed E-state index contributed by atoms with van der Waals surface area (Å²) < 4.78 is 23.7. The zero-order chi connectivity index (χ0) is 14.3. The van der Waals surface area contributed by atoms with E-state index in [1.807, 2.05) is 0 Å². The number of nitrogens with one attached hydrogen (secondary N) is 1. The number of hydrogen-bond donors (Lipinski definition) is 2. The average Bonchev–Trinajstić information content (AvgIpc) is 3.14. The Kier molecular flexibility index (Phi) is 4.13. The highest BCUT2D eigenvalue weighted by Crippen LogP contribution is 2.58. The molecule has 3 aliphatic rings. The highest BCUT2D eigenvalue weighted by molar-refractivity contribution is 7.91. The van der Waals surface area contributed by atoms with E-state index in [1.165, 1.54) is 31.9 Å². The van der Waals surface area contributed by atoms with Gasteiger partial charge in [0.05, 0.1) is 5.25 Å². The smallest absolute Gasteiger partial charge is 0.150 e. The molecule has 4 nitrogen and oxygen atoms in total. The Morgan fingerprint density at radius 2 is 1.70 bits per heavy atom. The van der Waals surface area contributed by atoms with Gasteiger partial charge in [-0.15, -0.1) is 0 Å². The van der Waals surface area contributed by atoms with Crippen molar-refractivity contribution in [1.82, 2.24) is 5.43 Å². The van der Waals surface area contributed by atoms with Crippen LogP contribution >= 0.6 is 0 Å². The third-order valence-electron chi connectivity index (χ3n) is 6.11. The first-order chi connectivity index (χ1) is 9.52. The normalized spacial score (nSPS) is 42.8. The van der Waals surface area contributed by atoms with E-state index in [4.69, 9.17) is 5.84 Å². The van der Waals surface area contributed by atoms with Crippen LogP contribution < -0.4 is 11.3 Å². The third kappa shape index (κ3) is 2.77. The van der Waals surface area contributed by atoms with E-state index < -0.39 is 9.84 Å². The molecule has 0 radical (unpaired) electrons. The molecule has 3 N–H and O–H groups in total. The van der Waals surface area contributed by atoms with Crippen molar-refractivity contribution in [3.63, 3.8) is 0 Å². The van der Waals surface area contributed by atoms with Crippen molar-refractivity contribution < 1.29 is 8.42 Å². The molecule has 5 unspecified atom stereocenters. The molecule has 0 aromatic carbocycles. The maximum atomic E-state index is 11.8. The fourth-order valence-electron chi connectivity index (χ4n) is 5.04. The summed E-state index contributed by atoms with van der Waals surface area (Å²) in [5.41, 5.74) is 3.07. The van der Waals surface area contributed by atoms with Gasteiger partial charge in [0.2, 0.25) is 0 Å². The van der Waals surface area contributed by atoms with Crippen molar-refractivity contribution >= 4 is 9.84 Å². The quantitative estimate of drug-likeness (QED) is 0.614. The van der Waals surface area contributed by atoms with Gasteiger partial charge in [-0.25, -0.2) is 8.42 Å². The molecule has 3 rings (SSSR count). The molecule has 0 aromatic heterocycles. The Balaban J connectivity index is 1.67. The topological polar surface area (TPSA) is 72.2 Å². The number of rotatable bonds is 4. The van der Waals surface area contributed by atoms with Crippen LogP contribution in [0, 0.1) is 23.7 Å². The second-order valence-corrected chi connectivity index (χ2v) is 9.59. The minimum absolute atomic E-state index is 0.141. The van der Waals surface area contributed by atoms with Crippen LogP contribution in [-0.2, 0) is 9.84 Å². The lowest BCUT2D eigenvalue weighted by atomic mass is 9.81. The summed E-state index contributed by atoms with van der Waals surface area (Å²) in [6, 6.07) is 0.340. The van der Waals surface area contributed by atoms with Gasteiger partial charge in [0.25, 0.3) is 0 Å². The summed E-state index contributed by atoms with van der Waals surface area (Å²) in [6.07, 6.45) is 10.7. The lowest BCUT2D eigenvalue weighted by Crippen LogP contribution is -2.46. The molecule has 0 amide bonds. The van der Waals surface area contributed by atoms with Gasteiger partial charge < -0.3 is 0 Å².